The SMILES string of the molecule is NC(=O)COCC(F)(F)F. The molecule has 0 fully saturated rings. The van der Waals surface area contributed by atoms with Crippen LogP contribution in [0, 0.1) is 0 Å². The number of hydrogen-bond acceptors (Lipinski definition) is 2. The van der Waals surface area contributed by atoms with Gasteiger partial charge in [-0.15, -0.1) is 0 Å². The fourth-order valence-electron chi connectivity index (χ4n) is 0.267. The van der Waals surface area contributed by atoms with Crippen molar-refractivity contribution < 1.29 is 22.7 Å². The molecule has 0 aromatic heterocycles. The van der Waals surface area contributed by atoms with Crippen molar-refractivity contribution in [2.45, 2.75) is 6.18 Å². The summed E-state index contributed by atoms with van der Waals surface area (Å²) < 4.78 is 37.5. The van der Waals surface area contributed by atoms with E-state index in [0.717, 1.165) is 0 Å². The van der Waals surface area contributed by atoms with Gasteiger partial charge in [0.15, 0.2) is 0 Å². The van der Waals surface area contributed by atoms with Gasteiger partial charge in [0.05, 0.1) is 0 Å². The van der Waals surface area contributed by atoms with Crippen molar-refractivity contribution in [3.63, 3.8) is 0 Å². The molecular weight excluding hydrogens is 151 g/mol. The summed E-state index contributed by atoms with van der Waals surface area (Å²) in [4.78, 5) is 9.82. The van der Waals surface area contributed by atoms with Crippen molar-refractivity contribution in [3.8, 4) is 0 Å². The second kappa shape index (κ2) is 3.40. The topological polar surface area (TPSA) is 52.3 Å². The highest BCUT2D eigenvalue weighted by atomic mass is 19.4. The molecule has 0 rings (SSSR count). The van der Waals surface area contributed by atoms with E-state index in [2.05, 4.69) is 10.5 Å². The van der Waals surface area contributed by atoms with E-state index in [1.807, 2.05) is 0 Å². The maximum atomic E-state index is 11.2. The third-order valence-electron chi connectivity index (χ3n) is 0.510. The molecule has 0 heterocycles. The van der Waals surface area contributed by atoms with Crippen LogP contribution in [-0.2, 0) is 9.53 Å². The normalized spacial score (nSPS) is 11.5. The quantitative estimate of drug-likeness (QED) is 0.629. The second-order valence-electron chi connectivity index (χ2n) is 1.57. The molecule has 2 N–H and O–H groups in total. The summed E-state index contributed by atoms with van der Waals surface area (Å²) in [6.45, 7) is -2.13. The summed E-state index contributed by atoms with van der Waals surface area (Å²) in [5.41, 5.74) is 4.49. The lowest BCUT2D eigenvalue weighted by Crippen LogP contribution is -2.24. The van der Waals surface area contributed by atoms with Crippen LogP contribution in [0.4, 0.5) is 13.2 Å². The van der Waals surface area contributed by atoms with Crippen LogP contribution in [0.2, 0.25) is 0 Å². The molecule has 3 nitrogen and oxygen atoms in total. The first-order valence-corrected chi connectivity index (χ1v) is 2.34. The molecule has 10 heavy (non-hydrogen) atoms. The third-order valence-corrected chi connectivity index (χ3v) is 0.510. The van der Waals surface area contributed by atoms with Gasteiger partial charge in [-0.25, -0.2) is 0 Å². The van der Waals surface area contributed by atoms with Gasteiger partial charge in [-0.2, -0.15) is 13.2 Å². The lowest BCUT2D eigenvalue weighted by Gasteiger charge is -2.04. The maximum absolute atomic E-state index is 11.2. The number of halogens is 3. The Morgan fingerprint density at radius 1 is 1.50 bits per heavy atom. The van der Waals surface area contributed by atoms with Gasteiger partial charge in [0, 0.05) is 0 Å². The standard InChI is InChI=1S/C4H6F3NO2/c5-4(6,7)2-10-1-3(8)9/h1-2H2,(H2,8,9). The maximum Gasteiger partial charge on any atom is 0.411 e. The first-order chi connectivity index (χ1) is 4.42. The minimum absolute atomic E-state index is 0.695. The van der Waals surface area contributed by atoms with Gasteiger partial charge in [0.2, 0.25) is 5.91 Å². The van der Waals surface area contributed by atoms with E-state index in [-0.39, 0.29) is 0 Å². The van der Waals surface area contributed by atoms with E-state index in [9.17, 15) is 18.0 Å². The molecule has 0 bridgehead atoms. The Balaban J connectivity index is 3.29. The van der Waals surface area contributed by atoms with Crippen molar-refractivity contribution in [1.29, 1.82) is 0 Å². The highest BCUT2D eigenvalue weighted by Gasteiger charge is 2.27. The summed E-state index contributed by atoms with van der Waals surface area (Å²) in [6, 6.07) is 0. The van der Waals surface area contributed by atoms with Gasteiger partial charge in [-0.1, -0.05) is 0 Å². The summed E-state index contributed by atoms with van der Waals surface area (Å²) in [6.07, 6.45) is -4.39. The lowest BCUT2D eigenvalue weighted by atomic mass is 10.6. The van der Waals surface area contributed by atoms with Crippen molar-refractivity contribution in [2.24, 2.45) is 5.73 Å². The molecule has 6 heteroatoms. The molecule has 0 atom stereocenters. The van der Waals surface area contributed by atoms with Crippen molar-refractivity contribution in [1.82, 2.24) is 0 Å². The molecule has 0 radical (unpaired) electrons. The first kappa shape index (κ1) is 9.22. The number of carbonyl (C=O) groups excluding carboxylic acids is 1. The van der Waals surface area contributed by atoms with Crippen molar-refractivity contribution >= 4 is 5.91 Å². The van der Waals surface area contributed by atoms with Gasteiger partial charge in [-0.3, -0.25) is 4.79 Å². The molecule has 0 unspecified atom stereocenters. The molecule has 60 valence electrons. The Hall–Kier alpha value is -0.780. The van der Waals surface area contributed by atoms with E-state index in [0.29, 0.717) is 0 Å². The van der Waals surface area contributed by atoms with Gasteiger partial charge in [-0.05, 0) is 0 Å². The van der Waals surface area contributed by atoms with Crippen molar-refractivity contribution in [3.05, 3.63) is 0 Å². The first-order valence-electron chi connectivity index (χ1n) is 2.34. The van der Waals surface area contributed by atoms with E-state index in [1.54, 1.807) is 0 Å². The van der Waals surface area contributed by atoms with Crippen LogP contribution >= 0.6 is 0 Å². The van der Waals surface area contributed by atoms with Gasteiger partial charge < -0.3 is 10.5 Å². The zero-order valence-electron chi connectivity index (χ0n) is 4.94. The number of hydrogen-bond donors (Lipinski definition) is 1. The molecular formula is C4H6F3NO2. The number of ether oxygens (including phenoxy) is 1. The molecule has 0 saturated heterocycles. The minimum atomic E-state index is -4.39. The highest BCUT2D eigenvalue weighted by molar-refractivity contribution is 5.74. The number of carbonyl (C=O) groups is 1. The molecule has 0 saturated carbocycles. The fourth-order valence-corrected chi connectivity index (χ4v) is 0.267. The summed E-state index contributed by atoms with van der Waals surface area (Å²) in [5, 5.41) is 0. The Morgan fingerprint density at radius 2 is 2.00 bits per heavy atom. The Bertz CT molecular complexity index is 122. The van der Waals surface area contributed by atoms with E-state index in [1.165, 1.54) is 0 Å². The fraction of sp³-hybridized carbons (Fsp3) is 0.750. The third kappa shape index (κ3) is 7.22. The largest absolute Gasteiger partial charge is 0.411 e. The average Bonchev–Trinajstić information content (AvgIpc) is 1.59. The number of nitrogens with two attached hydrogens (primary N) is 1. The monoisotopic (exact) mass is 157 g/mol. The van der Waals surface area contributed by atoms with Crippen LogP contribution in [0.3, 0.4) is 0 Å². The van der Waals surface area contributed by atoms with Crippen LogP contribution in [0.1, 0.15) is 0 Å². The Labute approximate surface area is 54.9 Å². The van der Waals surface area contributed by atoms with E-state index >= 15 is 0 Å². The zero-order chi connectivity index (χ0) is 8.20. The number of alkyl halides is 3. The highest BCUT2D eigenvalue weighted by Crippen LogP contribution is 2.13. The van der Waals surface area contributed by atoms with Gasteiger partial charge in [0.1, 0.15) is 13.2 Å². The molecule has 0 aromatic carbocycles. The van der Waals surface area contributed by atoms with Crippen LogP contribution in [0.15, 0.2) is 0 Å². The Kier molecular flexibility index (Phi) is 3.14. The van der Waals surface area contributed by atoms with Crippen LogP contribution in [0.5, 0.6) is 0 Å². The summed E-state index contributed by atoms with van der Waals surface area (Å²) >= 11 is 0. The minimum Gasteiger partial charge on any atom is -0.368 e. The molecule has 0 spiro atoms. The number of rotatable bonds is 3. The number of primary amides is 1. The predicted octanol–water partition coefficient (Wildman–Crippen LogP) is 0.0506. The molecule has 0 aromatic rings. The molecule has 0 aliphatic heterocycles. The average molecular weight is 157 g/mol. The Morgan fingerprint density at radius 3 is 2.30 bits per heavy atom. The van der Waals surface area contributed by atoms with Crippen molar-refractivity contribution in [2.75, 3.05) is 13.2 Å². The van der Waals surface area contributed by atoms with E-state index in [4.69, 9.17) is 0 Å². The molecule has 0 aliphatic carbocycles. The van der Waals surface area contributed by atoms with Crippen LogP contribution < -0.4 is 5.73 Å². The molecule has 1 amide bonds. The van der Waals surface area contributed by atoms with Gasteiger partial charge >= 0.3 is 6.18 Å². The zero-order valence-corrected chi connectivity index (χ0v) is 4.94. The summed E-state index contributed by atoms with van der Waals surface area (Å²) in [5.74, 6) is -0.913. The van der Waals surface area contributed by atoms with Gasteiger partial charge in [0.25, 0.3) is 0 Å². The molecule has 0 aliphatic rings. The van der Waals surface area contributed by atoms with E-state index < -0.39 is 25.3 Å². The van der Waals surface area contributed by atoms with Crippen LogP contribution in [0.25, 0.3) is 0 Å². The van der Waals surface area contributed by atoms with Crippen LogP contribution in [-0.4, -0.2) is 25.3 Å². The summed E-state index contributed by atoms with van der Waals surface area (Å²) in [7, 11) is 0. The lowest BCUT2D eigenvalue weighted by molar-refractivity contribution is -0.175. The predicted molar refractivity (Wildman–Crippen MR) is 26.1 cm³/mol. The number of amides is 1. The smallest absolute Gasteiger partial charge is 0.368 e. The second-order valence-corrected chi connectivity index (χ2v) is 1.57.